The molecule has 1 N–H and O–H groups in total. The Hall–Kier alpha value is -1.69. The van der Waals surface area contributed by atoms with Gasteiger partial charge >= 0.3 is 0 Å². The van der Waals surface area contributed by atoms with Crippen molar-refractivity contribution in [3.63, 3.8) is 0 Å². The third-order valence-electron chi connectivity index (χ3n) is 8.50. The van der Waals surface area contributed by atoms with Gasteiger partial charge in [0.25, 0.3) is 0 Å². The number of likely N-dealkylation sites (N-methyl/N-ethyl adjacent to an activating group) is 2. The minimum Gasteiger partial charge on any atom is -0.393 e. The Morgan fingerprint density at radius 2 is 1.88 bits per heavy atom. The summed E-state index contributed by atoms with van der Waals surface area (Å²) in [7, 11) is 4.47. The summed E-state index contributed by atoms with van der Waals surface area (Å²) >= 11 is 0. The monoisotopic (exact) mass is 453 g/mol. The highest BCUT2D eigenvalue weighted by Gasteiger charge is 2.43. The summed E-state index contributed by atoms with van der Waals surface area (Å²) in [6.45, 7) is 4.04. The minimum absolute atomic E-state index is 0.169. The topological polar surface area (TPSA) is 30.0 Å². The number of aliphatic hydroxyl groups is 1. The van der Waals surface area contributed by atoms with E-state index in [1.54, 1.807) is 12.1 Å². The predicted octanol–water partition coefficient (Wildman–Crippen LogP) is 4.24. The van der Waals surface area contributed by atoms with Gasteiger partial charge in [0.15, 0.2) is 0 Å². The van der Waals surface area contributed by atoms with Crippen LogP contribution in [0.5, 0.6) is 0 Å². The van der Waals surface area contributed by atoms with Crippen molar-refractivity contribution in [3.05, 3.63) is 59.6 Å². The van der Waals surface area contributed by atoms with Crippen LogP contribution in [0.4, 0.5) is 4.39 Å². The molecule has 5 atom stereocenters. The van der Waals surface area contributed by atoms with Crippen molar-refractivity contribution < 1.29 is 9.50 Å². The van der Waals surface area contributed by atoms with Crippen LogP contribution in [-0.4, -0.2) is 78.3 Å². The van der Waals surface area contributed by atoms with Crippen molar-refractivity contribution >= 4 is 0 Å². The molecule has 2 aliphatic heterocycles. The van der Waals surface area contributed by atoms with Gasteiger partial charge in [-0.05, 0) is 94.3 Å². The molecule has 3 fully saturated rings. The van der Waals surface area contributed by atoms with Gasteiger partial charge < -0.3 is 14.9 Å². The maximum absolute atomic E-state index is 13.7. The van der Waals surface area contributed by atoms with Crippen LogP contribution >= 0.6 is 0 Å². The molecule has 5 rings (SSSR count). The molecule has 4 aliphatic rings. The van der Waals surface area contributed by atoms with Crippen LogP contribution in [0.2, 0.25) is 0 Å². The van der Waals surface area contributed by atoms with Crippen LogP contribution in [-0.2, 0) is 0 Å². The Morgan fingerprint density at radius 3 is 2.58 bits per heavy atom. The first kappa shape index (κ1) is 23.1. The molecule has 0 amide bonds. The lowest BCUT2D eigenvalue weighted by Crippen LogP contribution is -2.54. The van der Waals surface area contributed by atoms with E-state index in [0.717, 1.165) is 38.4 Å². The zero-order chi connectivity index (χ0) is 22.9. The molecule has 5 unspecified atom stereocenters. The van der Waals surface area contributed by atoms with Crippen LogP contribution < -0.4 is 0 Å². The number of rotatable bonds is 7. The van der Waals surface area contributed by atoms with Gasteiger partial charge in [0.2, 0.25) is 0 Å². The summed E-state index contributed by atoms with van der Waals surface area (Å²) in [5, 5.41) is 11.2. The van der Waals surface area contributed by atoms with Crippen molar-refractivity contribution in [1.82, 2.24) is 14.7 Å². The molecule has 0 bridgehead atoms. The van der Waals surface area contributed by atoms with Crippen molar-refractivity contribution in [1.29, 1.82) is 0 Å². The first-order chi connectivity index (χ1) is 16.0. The van der Waals surface area contributed by atoms with Crippen LogP contribution in [0.1, 0.15) is 50.0 Å². The summed E-state index contributed by atoms with van der Waals surface area (Å²) in [6.07, 6.45) is 13.6. The van der Waals surface area contributed by atoms with Gasteiger partial charge in [0.05, 0.1) is 6.10 Å². The standard InChI is InChI=1S/C28H40FN3O/c1-30-15-4-6-26(30)22-5-3-16-32(18-22)19-25-27(33)14-13-24(21-9-11-23(29)12-10-21)28(25)31(2)17-20-7-8-20/h3,5,9-12,18,20,24-28,33H,4,6-8,13-17,19H2,1-2H3. The van der Waals surface area contributed by atoms with Crippen LogP contribution in [0.3, 0.4) is 0 Å². The van der Waals surface area contributed by atoms with Gasteiger partial charge in [-0.1, -0.05) is 24.3 Å². The highest BCUT2D eigenvalue weighted by Crippen LogP contribution is 2.42. The normalized spacial score (nSPS) is 33.1. The van der Waals surface area contributed by atoms with E-state index < -0.39 is 0 Å². The SMILES string of the molecule is CN1CCCC1C1=CN(CC2C(O)CCC(c3ccc(F)cc3)C2N(C)CC2CC2)CC=C1. The summed E-state index contributed by atoms with van der Waals surface area (Å²) in [5.41, 5.74) is 2.62. The molecule has 0 spiro atoms. The van der Waals surface area contributed by atoms with Crippen molar-refractivity contribution in [2.45, 2.75) is 62.6 Å². The second kappa shape index (κ2) is 9.89. The molecule has 2 saturated carbocycles. The van der Waals surface area contributed by atoms with E-state index >= 15 is 0 Å². The average Bonchev–Trinajstić information content (AvgIpc) is 3.52. The summed E-state index contributed by atoms with van der Waals surface area (Å²) in [4.78, 5) is 7.42. The molecule has 4 nitrogen and oxygen atoms in total. The van der Waals surface area contributed by atoms with Crippen LogP contribution in [0, 0.1) is 17.7 Å². The number of aliphatic hydroxyl groups excluding tert-OH is 1. The molecule has 0 radical (unpaired) electrons. The van der Waals surface area contributed by atoms with E-state index in [0.29, 0.717) is 12.0 Å². The third kappa shape index (κ3) is 5.21. The molecule has 2 heterocycles. The Kier molecular flexibility index (Phi) is 6.91. The zero-order valence-corrected chi connectivity index (χ0v) is 20.2. The smallest absolute Gasteiger partial charge is 0.123 e. The van der Waals surface area contributed by atoms with E-state index in [9.17, 15) is 9.50 Å². The first-order valence-corrected chi connectivity index (χ1v) is 13.0. The fourth-order valence-corrected chi connectivity index (χ4v) is 6.59. The highest BCUT2D eigenvalue weighted by molar-refractivity contribution is 5.29. The second-order valence-electron chi connectivity index (χ2n) is 11.0. The van der Waals surface area contributed by atoms with E-state index in [1.165, 1.54) is 43.4 Å². The molecular weight excluding hydrogens is 413 g/mol. The van der Waals surface area contributed by atoms with Crippen LogP contribution in [0.25, 0.3) is 0 Å². The van der Waals surface area contributed by atoms with Crippen molar-refractivity contribution in [2.24, 2.45) is 11.8 Å². The molecule has 1 saturated heterocycles. The van der Waals surface area contributed by atoms with E-state index in [1.807, 2.05) is 12.1 Å². The van der Waals surface area contributed by atoms with Crippen LogP contribution in [0.15, 0.2) is 48.2 Å². The maximum atomic E-state index is 13.7. The Bertz CT molecular complexity index is 864. The second-order valence-corrected chi connectivity index (χ2v) is 11.0. The molecule has 1 aromatic rings. The quantitative estimate of drug-likeness (QED) is 0.669. The molecular formula is C28H40FN3O. The molecule has 180 valence electrons. The maximum Gasteiger partial charge on any atom is 0.123 e. The summed E-state index contributed by atoms with van der Waals surface area (Å²) < 4.78 is 13.7. The van der Waals surface area contributed by atoms with E-state index in [-0.39, 0.29) is 23.9 Å². The number of hydrogen-bond donors (Lipinski definition) is 1. The third-order valence-corrected chi connectivity index (χ3v) is 8.50. The van der Waals surface area contributed by atoms with Gasteiger partial charge in [-0.25, -0.2) is 4.39 Å². The summed E-state index contributed by atoms with van der Waals surface area (Å²) in [5.74, 6) is 1.12. The first-order valence-electron chi connectivity index (χ1n) is 13.0. The zero-order valence-electron chi connectivity index (χ0n) is 20.2. The van der Waals surface area contributed by atoms with E-state index in [4.69, 9.17) is 0 Å². The lowest BCUT2D eigenvalue weighted by molar-refractivity contribution is -0.0144. The highest BCUT2D eigenvalue weighted by atomic mass is 19.1. The molecule has 33 heavy (non-hydrogen) atoms. The van der Waals surface area contributed by atoms with Gasteiger partial charge in [0.1, 0.15) is 5.82 Å². The number of likely N-dealkylation sites (tertiary alicyclic amines) is 1. The number of nitrogens with zero attached hydrogens (tertiary/aromatic N) is 3. The molecule has 2 aliphatic carbocycles. The van der Waals surface area contributed by atoms with Crippen molar-refractivity contribution in [3.8, 4) is 0 Å². The Morgan fingerprint density at radius 1 is 1.09 bits per heavy atom. The van der Waals surface area contributed by atoms with Gasteiger partial charge in [-0.15, -0.1) is 0 Å². The predicted molar refractivity (Wildman–Crippen MR) is 131 cm³/mol. The van der Waals surface area contributed by atoms with Gasteiger partial charge in [-0.3, -0.25) is 4.90 Å². The number of benzene rings is 1. The van der Waals surface area contributed by atoms with Gasteiger partial charge in [0, 0.05) is 43.8 Å². The number of halogens is 1. The minimum atomic E-state index is -0.301. The van der Waals surface area contributed by atoms with Crippen molar-refractivity contribution in [2.75, 3.05) is 40.3 Å². The molecule has 0 aromatic heterocycles. The largest absolute Gasteiger partial charge is 0.393 e. The summed E-state index contributed by atoms with van der Waals surface area (Å²) in [6, 6.07) is 7.89. The lowest BCUT2D eigenvalue weighted by Gasteiger charge is -2.47. The number of hydrogen-bond acceptors (Lipinski definition) is 4. The molecule has 1 aromatic carbocycles. The lowest BCUT2D eigenvalue weighted by atomic mass is 9.71. The Labute approximate surface area is 198 Å². The fourth-order valence-electron chi connectivity index (χ4n) is 6.59. The molecule has 5 heteroatoms. The fraction of sp³-hybridized carbons (Fsp3) is 0.643. The average molecular weight is 454 g/mol. The van der Waals surface area contributed by atoms with Gasteiger partial charge in [-0.2, -0.15) is 0 Å². The Balaban J connectivity index is 1.38. The van der Waals surface area contributed by atoms with E-state index in [2.05, 4.69) is 47.1 Å².